The van der Waals surface area contributed by atoms with E-state index in [0.29, 0.717) is 23.1 Å². The highest BCUT2D eigenvalue weighted by molar-refractivity contribution is 6.31. The number of benzene rings is 2. The fraction of sp³-hybridized carbons (Fsp3) is 0.280. The summed E-state index contributed by atoms with van der Waals surface area (Å²) in [5.41, 5.74) is 3.07. The van der Waals surface area contributed by atoms with Crippen molar-refractivity contribution >= 4 is 22.4 Å². The first-order valence-electron chi connectivity index (χ1n) is 11.0. The topological polar surface area (TPSA) is 96.6 Å². The van der Waals surface area contributed by atoms with E-state index < -0.39 is 5.82 Å². The van der Waals surface area contributed by atoms with Gasteiger partial charge in [-0.1, -0.05) is 24.6 Å². The van der Waals surface area contributed by atoms with Crippen LogP contribution in [0.5, 0.6) is 5.75 Å². The summed E-state index contributed by atoms with van der Waals surface area (Å²) in [5, 5.41) is 22.2. The molecule has 2 aromatic heterocycles. The van der Waals surface area contributed by atoms with Crippen molar-refractivity contribution in [1.29, 1.82) is 5.26 Å². The van der Waals surface area contributed by atoms with Crippen LogP contribution in [0.3, 0.4) is 0 Å². The average Bonchev–Trinajstić information content (AvgIpc) is 3.55. The van der Waals surface area contributed by atoms with Crippen molar-refractivity contribution < 1.29 is 9.13 Å². The van der Waals surface area contributed by atoms with E-state index in [1.54, 1.807) is 13.2 Å². The number of halogens is 2. The zero-order valence-electron chi connectivity index (χ0n) is 18.9. The molecule has 1 N–H and O–H groups in total. The van der Waals surface area contributed by atoms with Gasteiger partial charge in [0, 0.05) is 24.1 Å². The lowest BCUT2D eigenvalue weighted by molar-refractivity contribution is 0.302. The molecule has 0 radical (unpaired) electrons. The molecule has 9 heteroatoms. The number of fused-ring (bicyclic) bond motifs is 1. The average molecular weight is 478 g/mol. The first-order valence-corrected chi connectivity index (χ1v) is 11.3. The highest BCUT2D eigenvalue weighted by Gasteiger charge is 2.30. The highest BCUT2D eigenvalue weighted by atomic mass is 35.5. The van der Waals surface area contributed by atoms with Crippen LogP contribution in [-0.4, -0.2) is 26.1 Å². The maximum absolute atomic E-state index is 15.5. The van der Waals surface area contributed by atoms with Crippen LogP contribution in [0.1, 0.15) is 36.6 Å². The molecule has 0 atom stereocenters. The summed E-state index contributed by atoms with van der Waals surface area (Å²) in [4.78, 5) is 12.5. The van der Waals surface area contributed by atoms with E-state index >= 15 is 4.39 Å². The molecule has 2 aromatic carbocycles. The Kier molecular flexibility index (Phi) is 5.37. The van der Waals surface area contributed by atoms with Crippen LogP contribution >= 0.6 is 11.6 Å². The second kappa shape index (κ2) is 8.26. The minimum absolute atomic E-state index is 0.00804. The second-order valence-electron chi connectivity index (χ2n) is 8.45. The van der Waals surface area contributed by atoms with Crippen LogP contribution < -0.4 is 10.3 Å². The van der Waals surface area contributed by atoms with Gasteiger partial charge in [0.25, 0.3) is 5.56 Å². The zero-order chi connectivity index (χ0) is 24.1. The van der Waals surface area contributed by atoms with Gasteiger partial charge < -0.3 is 4.74 Å². The fourth-order valence-corrected chi connectivity index (χ4v) is 4.51. The predicted molar refractivity (Wildman–Crippen MR) is 127 cm³/mol. The van der Waals surface area contributed by atoms with Crippen LogP contribution in [0.15, 0.2) is 29.2 Å². The van der Waals surface area contributed by atoms with Crippen LogP contribution in [0.2, 0.25) is 5.02 Å². The molecule has 1 aliphatic rings. The number of hydrogen-bond acceptors (Lipinski definition) is 5. The van der Waals surface area contributed by atoms with Crippen molar-refractivity contribution in [2.75, 3.05) is 0 Å². The summed E-state index contributed by atoms with van der Waals surface area (Å²) < 4.78 is 22.9. The SMILES string of the molecule is CCc1n[nH]c(=O)c2c(C)cc(-c3cnn(C)c3-c3c(F)c(Cl)cc(OC4CC4)c3C#N)cc12. The number of rotatable bonds is 5. The number of ether oxygens (including phenoxy) is 1. The lowest BCUT2D eigenvalue weighted by Gasteiger charge is -2.16. The van der Waals surface area contributed by atoms with E-state index in [-0.39, 0.29) is 33.6 Å². The molecule has 1 aliphatic carbocycles. The number of nitriles is 1. The lowest BCUT2D eigenvalue weighted by atomic mass is 9.93. The molecular formula is C25H21ClFN5O2. The number of hydrogen-bond donors (Lipinski definition) is 1. The fourth-order valence-electron chi connectivity index (χ4n) is 4.32. The van der Waals surface area contributed by atoms with Crippen molar-refractivity contribution in [3.8, 4) is 34.2 Å². The summed E-state index contributed by atoms with van der Waals surface area (Å²) in [7, 11) is 1.68. The Balaban J connectivity index is 1.79. The van der Waals surface area contributed by atoms with E-state index in [1.807, 2.05) is 26.0 Å². The maximum Gasteiger partial charge on any atom is 0.272 e. The smallest absolute Gasteiger partial charge is 0.272 e. The summed E-state index contributed by atoms with van der Waals surface area (Å²) in [5.74, 6) is -0.451. The van der Waals surface area contributed by atoms with Gasteiger partial charge in [-0.25, -0.2) is 9.49 Å². The second-order valence-corrected chi connectivity index (χ2v) is 8.86. The molecule has 7 nitrogen and oxygen atoms in total. The first-order chi connectivity index (χ1) is 16.3. The zero-order valence-corrected chi connectivity index (χ0v) is 19.6. The Bertz CT molecular complexity index is 1560. The number of nitrogens with zero attached hydrogens (tertiary/aromatic N) is 4. The van der Waals surface area contributed by atoms with Crippen molar-refractivity contribution in [3.05, 3.63) is 62.4 Å². The van der Waals surface area contributed by atoms with Gasteiger partial charge in [0.2, 0.25) is 0 Å². The number of aromatic amines is 1. The van der Waals surface area contributed by atoms with Gasteiger partial charge in [0.05, 0.1) is 39.7 Å². The Labute approximate surface area is 199 Å². The van der Waals surface area contributed by atoms with Gasteiger partial charge in [-0.15, -0.1) is 0 Å². The van der Waals surface area contributed by atoms with Gasteiger partial charge in [0.15, 0.2) is 5.82 Å². The maximum atomic E-state index is 15.5. The van der Waals surface area contributed by atoms with Crippen LogP contribution in [0.4, 0.5) is 4.39 Å². The summed E-state index contributed by atoms with van der Waals surface area (Å²) >= 11 is 6.24. The molecule has 5 rings (SSSR count). The van der Waals surface area contributed by atoms with Gasteiger partial charge in [-0.05, 0) is 43.4 Å². The molecule has 0 spiro atoms. The standard InChI is InChI=1S/C25H21ClFN5O2/c1-4-19-15-8-13(7-12(2)21(15)25(33)31-30-19)17-11-29-32(3)24(17)22-16(10-28)20(34-14-5-6-14)9-18(26)23(22)27/h7-9,11,14H,4-6H2,1-3H3,(H,31,33). The third kappa shape index (κ3) is 3.53. The Morgan fingerprint density at radius 1 is 1.35 bits per heavy atom. The Morgan fingerprint density at radius 2 is 2.12 bits per heavy atom. The molecule has 0 bridgehead atoms. The van der Waals surface area contributed by atoms with E-state index in [2.05, 4.69) is 21.4 Å². The molecule has 1 fully saturated rings. The normalized spacial score (nSPS) is 13.3. The van der Waals surface area contributed by atoms with Crippen molar-refractivity contribution in [1.82, 2.24) is 20.0 Å². The monoisotopic (exact) mass is 477 g/mol. The van der Waals surface area contributed by atoms with Gasteiger partial charge in [0.1, 0.15) is 17.4 Å². The molecule has 172 valence electrons. The number of aromatic nitrogens is 4. The first kappa shape index (κ1) is 22.1. The van der Waals surface area contributed by atoms with E-state index in [4.69, 9.17) is 16.3 Å². The summed E-state index contributed by atoms with van der Waals surface area (Å²) in [6, 6.07) is 7.18. The Morgan fingerprint density at radius 3 is 2.79 bits per heavy atom. The molecule has 1 saturated carbocycles. The molecule has 4 aromatic rings. The third-order valence-electron chi connectivity index (χ3n) is 6.10. The highest BCUT2D eigenvalue weighted by Crippen LogP contribution is 2.43. The minimum atomic E-state index is -0.712. The quantitative estimate of drug-likeness (QED) is 0.433. The predicted octanol–water partition coefficient (Wildman–Crippen LogP) is 5.07. The molecule has 2 heterocycles. The van der Waals surface area contributed by atoms with Gasteiger partial charge >= 0.3 is 0 Å². The lowest BCUT2D eigenvalue weighted by Crippen LogP contribution is -2.12. The van der Waals surface area contributed by atoms with Crippen LogP contribution in [0.25, 0.3) is 33.2 Å². The van der Waals surface area contributed by atoms with Crippen molar-refractivity contribution in [3.63, 3.8) is 0 Å². The molecule has 0 amide bonds. The van der Waals surface area contributed by atoms with Crippen molar-refractivity contribution in [2.45, 2.75) is 39.2 Å². The third-order valence-corrected chi connectivity index (χ3v) is 6.38. The molecule has 34 heavy (non-hydrogen) atoms. The largest absolute Gasteiger partial charge is 0.489 e. The summed E-state index contributed by atoms with van der Waals surface area (Å²) in [6.07, 6.45) is 4.02. The molecule has 0 saturated heterocycles. The van der Waals surface area contributed by atoms with E-state index in [1.165, 1.54) is 10.7 Å². The number of nitrogens with one attached hydrogen (secondary N) is 1. The minimum Gasteiger partial charge on any atom is -0.489 e. The number of aryl methyl sites for hydroxylation is 3. The van der Waals surface area contributed by atoms with Gasteiger partial charge in [-0.3, -0.25) is 9.48 Å². The summed E-state index contributed by atoms with van der Waals surface area (Å²) in [6.45, 7) is 3.80. The van der Waals surface area contributed by atoms with Crippen LogP contribution in [0, 0.1) is 24.1 Å². The number of H-pyrrole nitrogens is 1. The van der Waals surface area contributed by atoms with Crippen LogP contribution in [-0.2, 0) is 13.5 Å². The molecular weight excluding hydrogens is 457 g/mol. The van der Waals surface area contributed by atoms with Gasteiger partial charge in [-0.2, -0.15) is 15.5 Å². The van der Waals surface area contributed by atoms with Crippen molar-refractivity contribution in [2.24, 2.45) is 7.05 Å². The van der Waals surface area contributed by atoms with E-state index in [9.17, 15) is 10.1 Å². The van der Waals surface area contributed by atoms with E-state index in [0.717, 1.165) is 35.0 Å². The Hall–Kier alpha value is -3.70. The molecule has 0 unspecified atom stereocenters. The molecule has 0 aliphatic heterocycles.